The SMILES string of the molecule is NC(=O)CNC(=O)C(=Cc1ccc(Cl)cc1)c1ccc(OCc2ccc3ccccc3n2)cc1. The maximum atomic E-state index is 12.8. The number of hydrogen-bond acceptors (Lipinski definition) is 4. The monoisotopic (exact) mass is 471 g/mol. The molecule has 1 heterocycles. The third-order valence-corrected chi connectivity index (χ3v) is 5.31. The van der Waals surface area contributed by atoms with E-state index in [-0.39, 0.29) is 6.54 Å². The molecule has 0 saturated heterocycles. The van der Waals surface area contributed by atoms with Crippen molar-refractivity contribution in [2.24, 2.45) is 5.73 Å². The Bertz CT molecular complexity index is 1350. The molecule has 0 spiro atoms. The molecule has 34 heavy (non-hydrogen) atoms. The molecule has 4 rings (SSSR count). The van der Waals surface area contributed by atoms with Crippen LogP contribution < -0.4 is 15.8 Å². The minimum absolute atomic E-state index is 0.253. The second-order valence-corrected chi connectivity index (χ2v) is 8.00. The van der Waals surface area contributed by atoms with Crippen molar-refractivity contribution in [3.05, 3.63) is 107 Å². The van der Waals surface area contributed by atoms with Gasteiger partial charge in [0.15, 0.2) is 0 Å². The summed E-state index contributed by atoms with van der Waals surface area (Å²) in [4.78, 5) is 28.5. The lowest BCUT2D eigenvalue weighted by atomic mass is 10.0. The number of hydrogen-bond donors (Lipinski definition) is 2. The van der Waals surface area contributed by atoms with Gasteiger partial charge in [-0.3, -0.25) is 9.59 Å². The minimum atomic E-state index is -0.620. The summed E-state index contributed by atoms with van der Waals surface area (Å²) in [6.07, 6.45) is 1.72. The molecule has 4 aromatic rings. The second kappa shape index (κ2) is 10.6. The molecule has 1 aromatic heterocycles. The van der Waals surface area contributed by atoms with Gasteiger partial charge in [0.05, 0.1) is 17.8 Å². The number of nitrogens with zero attached hydrogens (tertiary/aromatic N) is 1. The maximum Gasteiger partial charge on any atom is 0.252 e. The zero-order chi connectivity index (χ0) is 23.9. The zero-order valence-corrected chi connectivity index (χ0v) is 19.0. The number of carbonyl (C=O) groups is 2. The van der Waals surface area contributed by atoms with Crippen molar-refractivity contribution in [3.8, 4) is 5.75 Å². The summed E-state index contributed by atoms with van der Waals surface area (Å²) in [5.74, 6) is -0.393. The molecule has 0 bridgehead atoms. The van der Waals surface area contributed by atoms with Crippen molar-refractivity contribution in [1.82, 2.24) is 10.3 Å². The van der Waals surface area contributed by atoms with Gasteiger partial charge >= 0.3 is 0 Å². The number of ether oxygens (including phenoxy) is 1. The van der Waals surface area contributed by atoms with Crippen molar-refractivity contribution in [1.29, 1.82) is 0 Å². The van der Waals surface area contributed by atoms with Gasteiger partial charge in [-0.1, -0.05) is 60.1 Å². The number of rotatable bonds is 8. The lowest BCUT2D eigenvalue weighted by Crippen LogP contribution is -2.33. The molecule has 6 nitrogen and oxygen atoms in total. The third kappa shape index (κ3) is 5.99. The molecule has 0 radical (unpaired) electrons. The van der Waals surface area contributed by atoms with E-state index in [1.54, 1.807) is 54.6 Å². The minimum Gasteiger partial charge on any atom is -0.487 e. The van der Waals surface area contributed by atoms with E-state index in [9.17, 15) is 9.59 Å². The molecule has 7 heteroatoms. The Balaban J connectivity index is 1.51. The van der Waals surface area contributed by atoms with Gasteiger partial charge in [-0.05, 0) is 53.6 Å². The van der Waals surface area contributed by atoms with Gasteiger partial charge < -0.3 is 15.8 Å². The van der Waals surface area contributed by atoms with Crippen LogP contribution in [0.1, 0.15) is 16.8 Å². The third-order valence-electron chi connectivity index (χ3n) is 5.06. The van der Waals surface area contributed by atoms with Gasteiger partial charge in [-0.25, -0.2) is 4.98 Å². The van der Waals surface area contributed by atoms with E-state index >= 15 is 0 Å². The molecule has 0 saturated carbocycles. The van der Waals surface area contributed by atoms with E-state index in [2.05, 4.69) is 10.3 Å². The molecule has 0 aliphatic carbocycles. The van der Waals surface area contributed by atoms with Crippen LogP contribution >= 0.6 is 11.6 Å². The quantitative estimate of drug-likeness (QED) is 0.290. The number of halogens is 1. The number of amides is 2. The highest BCUT2D eigenvalue weighted by molar-refractivity contribution is 6.30. The van der Waals surface area contributed by atoms with E-state index in [1.807, 2.05) is 36.4 Å². The predicted molar refractivity (Wildman–Crippen MR) is 134 cm³/mol. The molecule has 0 aliphatic rings. The predicted octanol–water partition coefficient (Wildman–Crippen LogP) is 4.61. The first-order chi connectivity index (χ1) is 16.5. The number of pyridine rings is 1. The van der Waals surface area contributed by atoms with Crippen molar-refractivity contribution >= 4 is 46.0 Å². The van der Waals surface area contributed by atoms with E-state index in [1.165, 1.54) is 0 Å². The van der Waals surface area contributed by atoms with Gasteiger partial charge in [-0.15, -0.1) is 0 Å². The highest BCUT2D eigenvalue weighted by Crippen LogP contribution is 2.23. The summed E-state index contributed by atoms with van der Waals surface area (Å²) >= 11 is 5.96. The molecular formula is C27H22ClN3O3. The number of fused-ring (bicyclic) bond motifs is 1. The number of carbonyl (C=O) groups excluding carboxylic acids is 2. The van der Waals surface area contributed by atoms with Crippen LogP contribution in [0.15, 0.2) is 84.9 Å². The average molecular weight is 472 g/mol. The van der Waals surface area contributed by atoms with Crippen LogP contribution in [0.2, 0.25) is 5.02 Å². The number of nitrogens with two attached hydrogens (primary N) is 1. The first-order valence-electron chi connectivity index (χ1n) is 10.6. The Labute approximate surface area is 202 Å². The number of nitrogens with one attached hydrogen (secondary N) is 1. The van der Waals surface area contributed by atoms with E-state index in [0.717, 1.165) is 22.2 Å². The first-order valence-corrected chi connectivity index (χ1v) is 11.0. The zero-order valence-electron chi connectivity index (χ0n) is 18.2. The van der Waals surface area contributed by atoms with Gasteiger partial charge in [0, 0.05) is 16.0 Å². The van der Waals surface area contributed by atoms with Crippen LogP contribution in [-0.2, 0) is 16.2 Å². The fourth-order valence-electron chi connectivity index (χ4n) is 3.34. The molecule has 0 unspecified atom stereocenters. The van der Waals surface area contributed by atoms with Crippen molar-refractivity contribution < 1.29 is 14.3 Å². The van der Waals surface area contributed by atoms with Crippen molar-refractivity contribution in [2.45, 2.75) is 6.61 Å². The molecule has 3 N–H and O–H groups in total. The summed E-state index contributed by atoms with van der Waals surface area (Å²) in [7, 11) is 0. The largest absolute Gasteiger partial charge is 0.487 e. The number of primary amides is 1. The fourth-order valence-corrected chi connectivity index (χ4v) is 3.47. The van der Waals surface area contributed by atoms with Crippen LogP contribution in [0.25, 0.3) is 22.6 Å². The van der Waals surface area contributed by atoms with Crippen LogP contribution in [0.4, 0.5) is 0 Å². The van der Waals surface area contributed by atoms with Crippen LogP contribution in [-0.4, -0.2) is 23.3 Å². The fraction of sp³-hybridized carbons (Fsp3) is 0.0741. The Morgan fingerprint density at radius 3 is 2.41 bits per heavy atom. The highest BCUT2D eigenvalue weighted by Gasteiger charge is 2.13. The molecule has 0 fully saturated rings. The summed E-state index contributed by atoms with van der Waals surface area (Å²) in [5, 5.41) is 4.21. The molecule has 3 aromatic carbocycles. The smallest absolute Gasteiger partial charge is 0.252 e. The van der Waals surface area contributed by atoms with Crippen LogP contribution in [0.3, 0.4) is 0 Å². The van der Waals surface area contributed by atoms with Crippen molar-refractivity contribution in [3.63, 3.8) is 0 Å². The second-order valence-electron chi connectivity index (χ2n) is 7.57. The lowest BCUT2D eigenvalue weighted by Gasteiger charge is -2.11. The maximum absolute atomic E-state index is 12.8. The van der Waals surface area contributed by atoms with Crippen LogP contribution in [0, 0.1) is 0 Å². The number of aromatic nitrogens is 1. The van der Waals surface area contributed by atoms with Crippen molar-refractivity contribution in [2.75, 3.05) is 6.54 Å². The molecular weight excluding hydrogens is 450 g/mol. The summed E-state index contributed by atoms with van der Waals surface area (Å²) < 4.78 is 5.89. The molecule has 0 atom stereocenters. The summed E-state index contributed by atoms with van der Waals surface area (Å²) in [5.41, 5.74) is 8.73. The average Bonchev–Trinajstić information content (AvgIpc) is 2.86. The normalized spacial score (nSPS) is 11.3. The topological polar surface area (TPSA) is 94.3 Å². The van der Waals surface area contributed by atoms with Gasteiger partial charge in [-0.2, -0.15) is 0 Å². The van der Waals surface area contributed by atoms with Gasteiger partial charge in [0.1, 0.15) is 12.4 Å². The highest BCUT2D eigenvalue weighted by atomic mass is 35.5. The molecule has 170 valence electrons. The lowest BCUT2D eigenvalue weighted by molar-refractivity contribution is -0.121. The van der Waals surface area contributed by atoms with E-state index < -0.39 is 11.8 Å². The Morgan fingerprint density at radius 2 is 1.68 bits per heavy atom. The van der Waals surface area contributed by atoms with E-state index in [4.69, 9.17) is 22.1 Å². The Morgan fingerprint density at radius 1 is 0.941 bits per heavy atom. The standard InChI is InChI=1S/C27H22ClN3O3/c28-21-10-5-18(6-11-21)15-24(27(33)30-16-26(29)32)19-8-13-23(14-9-19)34-17-22-12-7-20-3-1-2-4-25(20)31-22/h1-15H,16-17H2,(H2,29,32)(H,30,33). The Hall–Kier alpha value is -4.16. The molecule has 0 aliphatic heterocycles. The number of para-hydroxylation sites is 1. The summed E-state index contributed by atoms with van der Waals surface area (Å²) in [6, 6.07) is 26.1. The number of benzene rings is 3. The van der Waals surface area contributed by atoms with Gasteiger partial charge in [0.2, 0.25) is 5.91 Å². The van der Waals surface area contributed by atoms with Crippen LogP contribution in [0.5, 0.6) is 5.75 Å². The first kappa shape index (κ1) is 23.0. The Kier molecular flexibility index (Phi) is 7.20. The summed E-state index contributed by atoms with van der Waals surface area (Å²) in [6.45, 7) is 0.0630. The van der Waals surface area contributed by atoms with Gasteiger partial charge in [0.25, 0.3) is 5.91 Å². The van der Waals surface area contributed by atoms with E-state index in [0.29, 0.717) is 28.5 Å². The molecule has 2 amide bonds.